The lowest BCUT2D eigenvalue weighted by Crippen LogP contribution is -2.54. The van der Waals surface area contributed by atoms with Crippen LogP contribution in [0.2, 0.25) is 10.0 Å². The number of urea groups is 1. The molecule has 0 aromatic heterocycles. The minimum Gasteiger partial charge on any atom is -0.245 e. The molecule has 1 atom stereocenters. The summed E-state index contributed by atoms with van der Waals surface area (Å²) in [6.45, 7) is 0.278. The van der Waals surface area contributed by atoms with E-state index in [0.717, 1.165) is 5.56 Å². The van der Waals surface area contributed by atoms with Gasteiger partial charge in [-0.3, -0.25) is 0 Å². The second-order valence-corrected chi connectivity index (χ2v) is 7.10. The van der Waals surface area contributed by atoms with Crippen molar-refractivity contribution in [1.82, 2.24) is 0 Å². The Hall–Kier alpha value is -2.69. The number of nitrogens with zero attached hydrogens (tertiary/aromatic N) is 2. The number of benzene rings is 2. The van der Waals surface area contributed by atoms with Crippen LogP contribution < -0.4 is 4.90 Å². The van der Waals surface area contributed by atoms with E-state index >= 15 is 0 Å². The Labute approximate surface area is 166 Å². The zero-order valence-electron chi connectivity index (χ0n) is 14.2. The maximum Gasteiger partial charge on any atom is 0.506 e. The minimum atomic E-state index is -0.522. The highest BCUT2D eigenvalue weighted by atomic mass is 35.5. The molecule has 0 saturated carbocycles. The first-order chi connectivity index (χ1) is 13.1. The fraction of sp³-hybridized carbons (Fsp3) is 0.0952. The molecule has 0 saturated heterocycles. The van der Waals surface area contributed by atoms with Crippen LogP contribution in [0.25, 0.3) is 0 Å². The Morgan fingerprint density at radius 3 is 2.44 bits per heavy atom. The third kappa shape index (κ3) is 3.22. The van der Waals surface area contributed by atoms with Crippen LogP contribution in [0.5, 0.6) is 0 Å². The van der Waals surface area contributed by atoms with E-state index in [0.29, 0.717) is 21.4 Å². The van der Waals surface area contributed by atoms with Crippen molar-refractivity contribution in [3.8, 4) is 0 Å². The summed E-state index contributed by atoms with van der Waals surface area (Å²) < 4.78 is 1.60. The van der Waals surface area contributed by atoms with Gasteiger partial charge < -0.3 is 0 Å². The van der Waals surface area contributed by atoms with Gasteiger partial charge in [-0.1, -0.05) is 59.6 Å². The summed E-state index contributed by atoms with van der Waals surface area (Å²) in [7, 11) is 0. The Bertz CT molecular complexity index is 1020. The lowest BCUT2D eigenvalue weighted by molar-refractivity contribution is -0.445. The van der Waals surface area contributed by atoms with Gasteiger partial charge in [-0.2, -0.15) is 9.37 Å². The number of rotatable bonds is 3. The standard InChI is InChI=1S/C21H15Cl2N2O2/c22-15-9-11-16(12-10-15)25-20(26)17-6-2-4-8-19(17)24(21(25)27)13-14-5-1-3-7-18(14)23/h1-12,17H,13H2/q+1. The average molecular weight is 398 g/mol. The zero-order chi connectivity index (χ0) is 19.0. The molecule has 2 aromatic carbocycles. The third-order valence-corrected chi connectivity index (χ3v) is 5.21. The van der Waals surface area contributed by atoms with Gasteiger partial charge in [0.25, 0.3) is 0 Å². The van der Waals surface area contributed by atoms with Gasteiger partial charge in [0, 0.05) is 15.6 Å². The highest BCUT2D eigenvalue weighted by molar-refractivity contribution is 6.31. The molecule has 0 fully saturated rings. The number of hydrogen-bond donors (Lipinski definition) is 0. The number of imide groups is 1. The summed E-state index contributed by atoms with van der Waals surface area (Å²) >= 11 is 12.2. The van der Waals surface area contributed by atoms with Gasteiger partial charge in [0.2, 0.25) is 0 Å². The number of hydrogen-bond acceptors (Lipinski definition) is 2. The van der Waals surface area contributed by atoms with Crippen molar-refractivity contribution in [1.29, 1.82) is 0 Å². The molecule has 4 rings (SSSR count). The van der Waals surface area contributed by atoms with Gasteiger partial charge in [0.05, 0.1) is 0 Å². The number of anilines is 1. The smallest absolute Gasteiger partial charge is 0.245 e. The van der Waals surface area contributed by atoms with Crippen molar-refractivity contribution in [3.05, 3.63) is 88.4 Å². The fourth-order valence-corrected chi connectivity index (χ4v) is 3.57. The van der Waals surface area contributed by atoms with Crippen LogP contribution in [0.3, 0.4) is 0 Å². The molecule has 134 valence electrons. The average Bonchev–Trinajstić information content (AvgIpc) is 2.68. The highest BCUT2D eigenvalue weighted by Crippen LogP contribution is 2.28. The molecule has 1 aliphatic heterocycles. The van der Waals surface area contributed by atoms with Crippen molar-refractivity contribution in [2.24, 2.45) is 5.92 Å². The molecule has 0 N–H and O–H groups in total. The summed E-state index contributed by atoms with van der Waals surface area (Å²) in [5.74, 6) is -0.806. The first kappa shape index (κ1) is 17.7. The lowest BCUT2D eigenvalue weighted by atomic mass is 9.94. The predicted octanol–water partition coefficient (Wildman–Crippen LogP) is 4.86. The number of carbonyl (C=O) groups is 2. The van der Waals surface area contributed by atoms with E-state index in [1.807, 2.05) is 30.4 Å². The monoisotopic (exact) mass is 397 g/mol. The van der Waals surface area contributed by atoms with Crippen LogP contribution in [-0.2, 0) is 11.3 Å². The molecule has 3 amide bonds. The van der Waals surface area contributed by atoms with Crippen LogP contribution >= 0.6 is 23.2 Å². The normalized spacial score (nSPS) is 18.9. The van der Waals surface area contributed by atoms with Gasteiger partial charge in [0.1, 0.15) is 23.9 Å². The maximum atomic E-state index is 13.3. The number of allylic oxidation sites excluding steroid dienone is 3. The van der Waals surface area contributed by atoms with Crippen molar-refractivity contribution >= 4 is 46.5 Å². The zero-order valence-corrected chi connectivity index (χ0v) is 15.7. The summed E-state index contributed by atoms with van der Waals surface area (Å²) in [6, 6.07) is 13.6. The molecule has 1 aliphatic carbocycles. The molecule has 2 aliphatic rings. The van der Waals surface area contributed by atoms with E-state index in [4.69, 9.17) is 23.2 Å². The number of fused-ring (bicyclic) bond motifs is 1. The molecule has 1 unspecified atom stereocenters. The number of amides is 3. The summed E-state index contributed by atoms with van der Waals surface area (Å²) in [4.78, 5) is 27.5. The Balaban J connectivity index is 1.82. The van der Waals surface area contributed by atoms with Gasteiger partial charge in [-0.15, -0.1) is 4.90 Å². The molecule has 2 aromatic rings. The number of halogens is 2. The summed E-state index contributed by atoms with van der Waals surface area (Å²) in [6.07, 6.45) is 7.24. The summed E-state index contributed by atoms with van der Waals surface area (Å²) in [5.41, 5.74) is 1.95. The Morgan fingerprint density at radius 1 is 0.963 bits per heavy atom. The van der Waals surface area contributed by atoms with E-state index < -0.39 is 11.9 Å². The lowest BCUT2D eigenvalue weighted by Gasteiger charge is -2.26. The first-order valence-electron chi connectivity index (χ1n) is 8.42. The number of carbonyl (C=O) groups excluding carboxylic acids is 2. The van der Waals surface area contributed by atoms with Crippen molar-refractivity contribution < 1.29 is 14.2 Å². The largest absolute Gasteiger partial charge is 0.506 e. The van der Waals surface area contributed by atoms with E-state index in [2.05, 4.69) is 0 Å². The second-order valence-electron chi connectivity index (χ2n) is 6.26. The molecule has 0 bridgehead atoms. The quantitative estimate of drug-likeness (QED) is 0.694. The molecule has 0 spiro atoms. The fourth-order valence-electron chi connectivity index (χ4n) is 3.25. The summed E-state index contributed by atoms with van der Waals surface area (Å²) in [5, 5.41) is 1.11. The topological polar surface area (TPSA) is 40.4 Å². The van der Waals surface area contributed by atoms with Crippen molar-refractivity contribution in [2.45, 2.75) is 6.54 Å². The van der Waals surface area contributed by atoms with E-state index in [1.165, 1.54) is 4.90 Å². The maximum absolute atomic E-state index is 13.3. The van der Waals surface area contributed by atoms with Gasteiger partial charge in [0.15, 0.2) is 0 Å². The Kier molecular flexibility index (Phi) is 4.68. The van der Waals surface area contributed by atoms with E-state index in [9.17, 15) is 9.59 Å². The molecule has 1 heterocycles. The van der Waals surface area contributed by atoms with Crippen molar-refractivity contribution in [3.63, 3.8) is 0 Å². The first-order valence-corrected chi connectivity index (χ1v) is 9.18. The molecule has 0 radical (unpaired) electrons. The molecule has 27 heavy (non-hydrogen) atoms. The highest BCUT2D eigenvalue weighted by Gasteiger charge is 2.47. The molecule has 6 heteroatoms. The van der Waals surface area contributed by atoms with Gasteiger partial charge in [-0.25, -0.2) is 4.79 Å². The molecular weight excluding hydrogens is 383 g/mol. The third-order valence-electron chi connectivity index (χ3n) is 4.59. The van der Waals surface area contributed by atoms with Crippen LogP contribution in [0.1, 0.15) is 5.56 Å². The molecule has 4 nitrogen and oxygen atoms in total. The van der Waals surface area contributed by atoms with Crippen LogP contribution in [-0.4, -0.2) is 22.2 Å². The van der Waals surface area contributed by atoms with E-state index in [-0.39, 0.29) is 12.5 Å². The van der Waals surface area contributed by atoms with Crippen LogP contribution in [0, 0.1) is 5.92 Å². The van der Waals surface area contributed by atoms with Crippen molar-refractivity contribution in [2.75, 3.05) is 4.90 Å². The van der Waals surface area contributed by atoms with E-state index in [1.54, 1.807) is 47.1 Å². The molecular formula is C21H15Cl2N2O2+. The van der Waals surface area contributed by atoms with Gasteiger partial charge >= 0.3 is 11.9 Å². The van der Waals surface area contributed by atoms with Crippen LogP contribution in [0.4, 0.5) is 10.5 Å². The Morgan fingerprint density at radius 2 is 1.70 bits per heavy atom. The van der Waals surface area contributed by atoms with Crippen LogP contribution in [0.15, 0.2) is 72.8 Å². The van der Waals surface area contributed by atoms with Gasteiger partial charge in [-0.05, 0) is 36.4 Å². The minimum absolute atomic E-state index is 0.278. The second kappa shape index (κ2) is 7.14. The predicted molar refractivity (Wildman–Crippen MR) is 107 cm³/mol. The SMILES string of the molecule is O=C1C2C=CC=CC2=[N+](Cc2ccccc2Cl)C(=O)N1c1ccc(Cl)cc1.